The van der Waals surface area contributed by atoms with Gasteiger partial charge in [0.15, 0.2) is 0 Å². The third kappa shape index (κ3) is 9.27. The highest BCUT2D eigenvalue weighted by atomic mass is 32.1. The van der Waals surface area contributed by atoms with Gasteiger partial charge in [-0.1, -0.05) is 6.42 Å². The van der Waals surface area contributed by atoms with E-state index in [-0.39, 0.29) is 6.42 Å². The molecule has 11 heavy (non-hydrogen) atoms. The molecule has 0 aliphatic heterocycles. The van der Waals surface area contributed by atoms with Gasteiger partial charge in [0.05, 0.1) is 5.16 Å². The number of carboxylic acids is 1. The van der Waals surface area contributed by atoms with Crippen LogP contribution in [0, 0.1) is 0 Å². The van der Waals surface area contributed by atoms with E-state index in [1.165, 1.54) is 0 Å². The fraction of sp³-hybridized carbons (Fsp3) is 0.714. The van der Waals surface area contributed by atoms with E-state index in [0.717, 1.165) is 19.3 Å². The summed E-state index contributed by atoms with van der Waals surface area (Å²) in [5.41, 5.74) is 0. The van der Waals surface area contributed by atoms with Crippen molar-refractivity contribution in [3.8, 4) is 0 Å². The number of nitrogens with zero attached hydrogens (tertiary/aromatic N) is 1. The first-order valence-electron chi connectivity index (χ1n) is 3.53. The van der Waals surface area contributed by atoms with Crippen LogP contribution in [0.4, 0.5) is 0 Å². The lowest BCUT2D eigenvalue weighted by molar-refractivity contribution is -0.137. The first-order valence-corrected chi connectivity index (χ1v) is 3.93. The van der Waals surface area contributed by atoms with E-state index in [1.807, 2.05) is 0 Å². The Balaban J connectivity index is 3.02. The highest BCUT2D eigenvalue weighted by Crippen LogP contribution is 1.99. The average Bonchev–Trinajstić information content (AvgIpc) is 1.96. The molecule has 0 bridgehead atoms. The maximum atomic E-state index is 10.0. The number of unbranched alkanes of at least 4 members (excludes halogenated alkanes) is 2. The topological polar surface area (TPSA) is 49.7 Å². The minimum atomic E-state index is -0.733. The summed E-state index contributed by atoms with van der Waals surface area (Å²) in [7, 11) is 0. The lowest BCUT2D eigenvalue weighted by Gasteiger charge is -1.93. The summed E-state index contributed by atoms with van der Waals surface area (Å²) in [6.07, 6.45) is 2.77. The van der Waals surface area contributed by atoms with Crippen LogP contribution >= 0.6 is 12.2 Å². The van der Waals surface area contributed by atoms with E-state index in [2.05, 4.69) is 22.4 Å². The Morgan fingerprint density at radius 2 is 2.18 bits per heavy atom. The van der Waals surface area contributed by atoms with Gasteiger partial charge in [-0.3, -0.25) is 4.79 Å². The van der Waals surface area contributed by atoms with Gasteiger partial charge in [0.2, 0.25) is 0 Å². The molecule has 0 saturated carbocycles. The summed E-state index contributed by atoms with van der Waals surface area (Å²) in [6.45, 7) is 0.670. The highest BCUT2D eigenvalue weighted by molar-refractivity contribution is 7.78. The van der Waals surface area contributed by atoms with Crippen LogP contribution in [0.25, 0.3) is 0 Å². The van der Waals surface area contributed by atoms with Crippen molar-refractivity contribution in [2.24, 2.45) is 4.99 Å². The minimum absolute atomic E-state index is 0.251. The monoisotopic (exact) mass is 173 g/mol. The number of thiocarbonyl (C=S) groups is 1. The van der Waals surface area contributed by atoms with Crippen LogP contribution in [0.2, 0.25) is 0 Å². The SMILES string of the molecule is O=C(O)CCCCCN=C=S. The molecule has 4 heteroatoms. The van der Waals surface area contributed by atoms with Crippen molar-refractivity contribution >= 4 is 23.3 Å². The van der Waals surface area contributed by atoms with Crippen LogP contribution in [0.1, 0.15) is 25.7 Å². The molecule has 0 spiro atoms. The van der Waals surface area contributed by atoms with E-state index < -0.39 is 5.97 Å². The molecule has 0 atom stereocenters. The molecule has 0 aromatic carbocycles. The second-order valence-corrected chi connectivity index (χ2v) is 2.36. The molecule has 0 rings (SSSR count). The summed E-state index contributed by atoms with van der Waals surface area (Å²) < 4.78 is 0. The van der Waals surface area contributed by atoms with Crippen LogP contribution in [0.5, 0.6) is 0 Å². The maximum Gasteiger partial charge on any atom is 0.303 e. The number of carboxylic acid groups (broad SMARTS) is 1. The highest BCUT2D eigenvalue weighted by Gasteiger charge is 1.94. The molecule has 0 unspecified atom stereocenters. The summed E-state index contributed by atoms with van der Waals surface area (Å²) in [6, 6.07) is 0. The third-order valence-corrected chi connectivity index (χ3v) is 1.35. The Morgan fingerprint density at radius 1 is 1.45 bits per heavy atom. The Morgan fingerprint density at radius 3 is 2.73 bits per heavy atom. The summed E-state index contributed by atoms with van der Waals surface area (Å²) in [5.74, 6) is -0.733. The molecule has 0 amide bonds. The zero-order valence-electron chi connectivity index (χ0n) is 6.25. The molecule has 0 aliphatic carbocycles. The Hall–Kier alpha value is -0.730. The molecule has 0 saturated heterocycles. The number of carbonyl (C=O) groups is 1. The van der Waals surface area contributed by atoms with Gasteiger partial charge in [0.25, 0.3) is 0 Å². The molecule has 0 aliphatic rings. The zero-order valence-corrected chi connectivity index (χ0v) is 7.06. The second kappa shape index (κ2) is 7.38. The molecule has 0 aromatic rings. The van der Waals surface area contributed by atoms with Crippen LogP contribution in [0.15, 0.2) is 4.99 Å². The first-order chi connectivity index (χ1) is 5.27. The molecule has 3 nitrogen and oxygen atoms in total. The quantitative estimate of drug-likeness (QED) is 0.378. The number of aliphatic carboxylic acids is 1. The predicted molar refractivity (Wildman–Crippen MR) is 46.0 cm³/mol. The van der Waals surface area contributed by atoms with Gasteiger partial charge >= 0.3 is 5.97 Å². The molecule has 0 fully saturated rings. The second-order valence-electron chi connectivity index (χ2n) is 2.18. The number of aliphatic imine (C=N–C) groups is 1. The van der Waals surface area contributed by atoms with Crippen molar-refractivity contribution in [2.45, 2.75) is 25.7 Å². The van der Waals surface area contributed by atoms with Gasteiger partial charge in [-0.2, -0.15) is 0 Å². The summed E-state index contributed by atoms with van der Waals surface area (Å²) in [4.78, 5) is 13.7. The fourth-order valence-corrected chi connectivity index (χ4v) is 0.781. The van der Waals surface area contributed by atoms with Gasteiger partial charge in [0.1, 0.15) is 0 Å². The zero-order chi connectivity index (χ0) is 8.53. The van der Waals surface area contributed by atoms with Gasteiger partial charge in [0, 0.05) is 13.0 Å². The van der Waals surface area contributed by atoms with Crippen LogP contribution in [-0.4, -0.2) is 22.8 Å². The largest absolute Gasteiger partial charge is 0.481 e. The number of hydrogen-bond acceptors (Lipinski definition) is 3. The molecule has 0 aromatic heterocycles. The van der Waals surface area contributed by atoms with Crippen LogP contribution in [0.3, 0.4) is 0 Å². The lowest BCUT2D eigenvalue weighted by Crippen LogP contribution is -1.93. The molecule has 0 heterocycles. The molecule has 0 radical (unpaired) electrons. The Kier molecular flexibility index (Phi) is 6.89. The average molecular weight is 173 g/mol. The summed E-state index contributed by atoms with van der Waals surface area (Å²) >= 11 is 4.36. The maximum absolute atomic E-state index is 10.0. The van der Waals surface area contributed by atoms with Crippen molar-refractivity contribution in [2.75, 3.05) is 6.54 Å². The van der Waals surface area contributed by atoms with E-state index in [4.69, 9.17) is 5.11 Å². The van der Waals surface area contributed by atoms with E-state index >= 15 is 0 Å². The van der Waals surface area contributed by atoms with Gasteiger partial charge in [-0.15, -0.1) is 0 Å². The van der Waals surface area contributed by atoms with Crippen molar-refractivity contribution in [3.05, 3.63) is 0 Å². The minimum Gasteiger partial charge on any atom is -0.481 e. The number of isothiocyanates is 1. The third-order valence-electron chi connectivity index (χ3n) is 1.23. The van der Waals surface area contributed by atoms with E-state index in [1.54, 1.807) is 0 Å². The Bertz CT molecular complexity index is 160. The molecular weight excluding hydrogens is 162 g/mol. The van der Waals surface area contributed by atoms with Crippen molar-refractivity contribution in [1.29, 1.82) is 0 Å². The van der Waals surface area contributed by atoms with Gasteiger partial charge < -0.3 is 5.11 Å². The normalized spacial score (nSPS) is 8.73. The summed E-state index contributed by atoms with van der Waals surface area (Å²) in [5, 5.41) is 10.5. The number of rotatable bonds is 6. The van der Waals surface area contributed by atoms with Crippen molar-refractivity contribution < 1.29 is 9.90 Å². The van der Waals surface area contributed by atoms with E-state index in [0.29, 0.717) is 6.54 Å². The molecule has 1 N–H and O–H groups in total. The van der Waals surface area contributed by atoms with Crippen molar-refractivity contribution in [3.63, 3.8) is 0 Å². The first kappa shape index (κ1) is 10.3. The Labute approximate surface area is 71.1 Å². The molecular formula is C7H11NO2S. The smallest absolute Gasteiger partial charge is 0.303 e. The lowest BCUT2D eigenvalue weighted by atomic mass is 10.2. The fourth-order valence-electron chi connectivity index (χ4n) is 0.690. The van der Waals surface area contributed by atoms with E-state index in [9.17, 15) is 4.79 Å². The van der Waals surface area contributed by atoms with Crippen molar-refractivity contribution in [1.82, 2.24) is 0 Å². The van der Waals surface area contributed by atoms with Crippen LogP contribution < -0.4 is 0 Å². The number of hydrogen-bond donors (Lipinski definition) is 1. The van der Waals surface area contributed by atoms with Gasteiger partial charge in [-0.25, -0.2) is 4.99 Å². The van der Waals surface area contributed by atoms with Gasteiger partial charge in [-0.05, 0) is 25.1 Å². The van der Waals surface area contributed by atoms with Crippen LogP contribution in [-0.2, 0) is 4.79 Å². The molecule has 62 valence electrons. The predicted octanol–water partition coefficient (Wildman–Crippen LogP) is 1.73. The standard InChI is InChI=1S/C7H11NO2S/c9-7(10)4-2-1-3-5-8-6-11/h1-5H2,(H,9,10).